The quantitative estimate of drug-likeness (QED) is 0.831. The van der Waals surface area contributed by atoms with E-state index in [0.717, 1.165) is 29.0 Å². The maximum atomic E-state index is 5.70. The number of aromatic nitrogens is 1. The van der Waals surface area contributed by atoms with Gasteiger partial charge in [0.2, 0.25) is 0 Å². The first-order chi connectivity index (χ1) is 9.62. The Kier molecular flexibility index (Phi) is 5.00. The van der Waals surface area contributed by atoms with Crippen molar-refractivity contribution in [3.63, 3.8) is 0 Å². The van der Waals surface area contributed by atoms with Gasteiger partial charge in [-0.2, -0.15) is 0 Å². The van der Waals surface area contributed by atoms with Crippen LogP contribution in [-0.2, 0) is 11.2 Å². The zero-order chi connectivity index (χ0) is 14.7. The molecule has 0 aliphatic heterocycles. The number of hydrogen-bond donors (Lipinski definition) is 1. The van der Waals surface area contributed by atoms with Gasteiger partial charge in [0.15, 0.2) is 0 Å². The standard InChI is InChI=1S/C16H26N2O2/c1-10-9-18-13(11(2)15(10)19-4)8-14(17-3)16(20-5)12-6-7-12/h9,12,14,16-17H,6-8H2,1-5H3. The number of ether oxygens (including phenoxy) is 2. The normalized spacial score (nSPS) is 17.9. The highest BCUT2D eigenvalue weighted by Gasteiger charge is 2.36. The second-order valence-electron chi connectivity index (χ2n) is 5.68. The number of nitrogens with one attached hydrogen (secondary N) is 1. The summed E-state index contributed by atoms with van der Waals surface area (Å²) in [6, 6.07) is 0.297. The van der Waals surface area contributed by atoms with Crippen LogP contribution in [0.1, 0.15) is 29.7 Å². The van der Waals surface area contributed by atoms with Gasteiger partial charge in [-0.3, -0.25) is 4.98 Å². The number of pyridine rings is 1. The zero-order valence-electron chi connectivity index (χ0n) is 13.2. The van der Waals surface area contributed by atoms with Crippen molar-refractivity contribution in [3.05, 3.63) is 23.0 Å². The van der Waals surface area contributed by atoms with Crippen LogP contribution < -0.4 is 10.1 Å². The molecule has 1 aliphatic carbocycles. The highest BCUT2D eigenvalue weighted by Crippen LogP contribution is 2.36. The van der Waals surface area contributed by atoms with Crippen molar-refractivity contribution in [2.45, 2.75) is 45.3 Å². The van der Waals surface area contributed by atoms with Gasteiger partial charge in [-0.1, -0.05) is 0 Å². The lowest BCUT2D eigenvalue weighted by molar-refractivity contribution is 0.0531. The van der Waals surface area contributed by atoms with Crippen LogP contribution in [0.5, 0.6) is 5.75 Å². The second kappa shape index (κ2) is 6.55. The highest BCUT2D eigenvalue weighted by atomic mass is 16.5. The van der Waals surface area contributed by atoms with Crippen LogP contribution >= 0.6 is 0 Å². The predicted octanol–water partition coefficient (Wildman–Crippen LogP) is 2.26. The fourth-order valence-electron chi connectivity index (χ4n) is 2.98. The van der Waals surface area contributed by atoms with Crippen LogP contribution in [0, 0.1) is 19.8 Å². The van der Waals surface area contributed by atoms with E-state index in [1.54, 1.807) is 7.11 Å². The molecule has 2 rings (SSSR count). The molecule has 0 saturated heterocycles. The first-order valence-corrected chi connectivity index (χ1v) is 7.31. The molecule has 0 amide bonds. The molecule has 1 heterocycles. The molecule has 0 aromatic carbocycles. The minimum absolute atomic E-state index is 0.272. The molecular formula is C16H26N2O2. The molecule has 1 aromatic rings. The van der Waals surface area contributed by atoms with E-state index in [1.807, 2.05) is 27.3 Å². The van der Waals surface area contributed by atoms with Gasteiger partial charge in [-0.25, -0.2) is 0 Å². The topological polar surface area (TPSA) is 43.4 Å². The SMILES string of the molecule is CNC(Cc1ncc(C)c(OC)c1C)C(OC)C1CC1. The van der Waals surface area contributed by atoms with Crippen LogP contribution in [0.2, 0.25) is 0 Å². The van der Waals surface area contributed by atoms with Gasteiger partial charge in [0.25, 0.3) is 0 Å². The van der Waals surface area contributed by atoms with Crippen LogP contribution in [0.3, 0.4) is 0 Å². The number of hydrogen-bond acceptors (Lipinski definition) is 4. The molecule has 1 N–H and O–H groups in total. The summed E-state index contributed by atoms with van der Waals surface area (Å²) in [6.07, 6.45) is 5.59. The lowest BCUT2D eigenvalue weighted by Crippen LogP contribution is -2.42. The van der Waals surface area contributed by atoms with Crippen LogP contribution in [-0.4, -0.2) is 38.4 Å². The molecule has 4 nitrogen and oxygen atoms in total. The van der Waals surface area contributed by atoms with Gasteiger partial charge in [0.05, 0.1) is 13.2 Å². The van der Waals surface area contributed by atoms with Crippen molar-refractivity contribution in [2.24, 2.45) is 5.92 Å². The molecular weight excluding hydrogens is 252 g/mol. The van der Waals surface area contributed by atoms with Crippen molar-refractivity contribution in [3.8, 4) is 5.75 Å². The fraction of sp³-hybridized carbons (Fsp3) is 0.688. The molecule has 112 valence electrons. The Morgan fingerprint density at radius 2 is 2.05 bits per heavy atom. The Balaban J connectivity index is 2.18. The number of rotatable bonds is 7. The third-order valence-corrected chi connectivity index (χ3v) is 4.29. The first kappa shape index (κ1) is 15.3. The summed E-state index contributed by atoms with van der Waals surface area (Å²) < 4.78 is 11.2. The summed E-state index contributed by atoms with van der Waals surface area (Å²) >= 11 is 0. The Morgan fingerprint density at radius 3 is 2.55 bits per heavy atom. The van der Waals surface area contributed by atoms with E-state index in [0.29, 0.717) is 12.0 Å². The summed E-state index contributed by atoms with van der Waals surface area (Å²) in [5.41, 5.74) is 3.31. The second-order valence-corrected chi connectivity index (χ2v) is 5.68. The summed E-state index contributed by atoms with van der Waals surface area (Å²) in [5, 5.41) is 3.40. The largest absolute Gasteiger partial charge is 0.496 e. The number of aryl methyl sites for hydroxylation is 1. The maximum Gasteiger partial charge on any atom is 0.128 e. The molecule has 2 unspecified atom stereocenters. The third kappa shape index (κ3) is 3.13. The van der Waals surface area contributed by atoms with E-state index in [-0.39, 0.29) is 6.10 Å². The van der Waals surface area contributed by atoms with Gasteiger partial charge in [-0.05, 0) is 39.7 Å². The average Bonchev–Trinajstić information content (AvgIpc) is 3.26. The Bertz CT molecular complexity index is 458. The van der Waals surface area contributed by atoms with Crippen LogP contribution in [0.4, 0.5) is 0 Å². The van der Waals surface area contributed by atoms with Gasteiger partial charge in [-0.15, -0.1) is 0 Å². The Labute approximate surface area is 121 Å². The lowest BCUT2D eigenvalue weighted by atomic mass is 9.98. The van der Waals surface area contributed by atoms with Crippen LogP contribution in [0.25, 0.3) is 0 Å². The number of methoxy groups -OCH3 is 2. The van der Waals surface area contributed by atoms with E-state index in [1.165, 1.54) is 12.8 Å². The van der Waals surface area contributed by atoms with Crippen molar-refractivity contribution in [1.82, 2.24) is 10.3 Å². The lowest BCUT2D eigenvalue weighted by Gasteiger charge is -2.26. The van der Waals surface area contributed by atoms with E-state index < -0.39 is 0 Å². The number of likely N-dealkylation sites (N-methyl/N-ethyl adjacent to an activating group) is 1. The molecule has 1 aliphatic rings. The molecule has 0 spiro atoms. The van der Waals surface area contributed by atoms with Gasteiger partial charge in [0.1, 0.15) is 5.75 Å². The Hall–Kier alpha value is -1.13. The monoisotopic (exact) mass is 278 g/mol. The van der Waals surface area contributed by atoms with Gasteiger partial charge >= 0.3 is 0 Å². The van der Waals surface area contributed by atoms with E-state index in [9.17, 15) is 0 Å². The summed E-state index contributed by atoms with van der Waals surface area (Å²) in [5.74, 6) is 1.65. The maximum absolute atomic E-state index is 5.70. The molecule has 2 atom stereocenters. The van der Waals surface area contributed by atoms with Gasteiger partial charge < -0.3 is 14.8 Å². The molecule has 20 heavy (non-hydrogen) atoms. The third-order valence-electron chi connectivity index (χ3n) is 4.29. The predicted molar refractivity (Wildman–Crippen MR) is 80.3 cm³/mol. The molecule has 1 fully saturated rings. The minimum Gasteiger partial charge on any atom is -0.496 e. The van der Waals surface area contributed by atoms with E-state index >= 15 is 0 Å². The minimum atomic E-state index is 0.272. The van der Waals surface area contributed by atoms with Crippen molar-refractivity contribution in [1.29, 1.82) is 0 Å². The molecule has 1 aromatic heterocycles. The first-order valence-electron chi connectivity index (χ1n) is 7.31. The fourth-order valence-corrected chi connectivity index (χ4v) is 2.98. The molecule has 1 saturated carbocycles. The Morgan fingerprint density at radius 1 is 1.35 bits per heavy atom. The zero-order valence-corrected chi connectivity index (χ0v) is 13.2. The highest BCUT2D eigenvalue weighted by molar-refractivity contribution is 5.41. The van der Waals surface area contributed by atoms with Gasteiger partial charge in [0, 0.05) is 42.6 Å². The van der Waals surface area contributed by atoms with Crippen molar-refractivity contribution >= 4 is 0 Å². The molecule has 0 radical (unpaired) electrons. The molecule has 4 heteroatoms. The summed E-state index contributed by atoms with van der Waals surface area (Å²) in [6.45, 7) is 4.11. The average molecular weight is 278 g/mol. The molecule has 0 bridgehead atoms. The summed E-state index contributed by atoms with van der Waals surface area (Å²) in [7, 11) is 5.53. The van der Waals surface area contributed by atoms with Crippen molar-refractivity contribution in [2.75, 3.05) is 21.3 Å². The van der Waals surface area contributed by atoms with Crippen molar-refractivity contribution < 1.29 is 9.47 Å². The summed E-state index contributed by atoms with van der Waals surface area (Å²) in [4.78, 5) is 4.60. The van der Waals surface area contributed by atoms with Crippen LogP contribution in [0.15, 0.2) is 6.20 Å². The van der Waals surface area contributed by atoms with E-state index in [4.69, 9.17) is 9.47 Å². The van der Waals surface area contributed by atoms with E-state index in [2.05, 4.69) is 17.2 Å². The smallest absolute Gasteiger partial charge is 0.128 e. The number of nitrogens with zero attached hydrogens (tertiary/aromatic N) is 1.